The first-order valence-corrected chi connectivity index (χ1v) is 5.85. The standard InChI is InChI=1S/C12H26N2O/c1-5-12(6-2)14(7-8-15)10-11(3)9-13-4/h12-13,15H,3,5-10H2,1-2,4H3. The fourth-order valence-electron chi connectivity index (χ4n) is 1.92. The number of nitrogens with one attached hydrogen (secondary N) is 1. The number of likely N-dealkylation sites (N-methyl/N-ethyl adjacent to an activating group) is 1. The lowest BCUT2D eigenvalue weighted by molar-refractivity contribution is 0.154. The molecule has 0 amide bonds. The molecule has 0 radical (unpaired) electrons. The van der Waals surface area contributed by atoms with E-state index < -0.39 is 0 Å². The molecule has 0 spiro atoms. The van der Waals surface area contributed by atoms with E-state index >= 15 is 0 Å². The molecule has 3 nitrogen and oxygen atoms in total. The average Bonchev–Trinajstić information content (AvgIpc) is 2.20. The molecule has 0 rings (SSSR count). The van der Waals surface area contributed by atoms with Crippen molar-refractivity contribution in [1.29, 1.82) is 0 Å². The number of aliphatic hydroxyl groups excluding tert-OH is 1. The molecule has 0 aromatic carbocycles. The van der Waals surface area contributed by atoms with Gasteiger partial charge < -0.3 is 10.4 Å². The molecule has 0 aliphatic heterocycles. The SMILES string of the molecule is C=C(CNC)CN(CCO)C(CC)CC. The highest BCUT2D eigenvalue weighted by atomic mass is 16.3. The summed E-state index contributed by atoms with van der Waals surface area (Å²) in [5, 5.41) is 12.1. The molecule has 0 saturated carbocycles. The van der Waals surface area contributed by atoms with E-state index in [1.807, 2.05) is 7.05 Å². The van der Waals surface area contributed by atoms with Crippen LogP contribution >= 0.6 is 0 Å². The number of nitrogens with zero attached hydrogens (tertiary/aromatic N) is 1. The molecule has 0 bridgehead atoms. The van der Waals surface area contributed by atoms with Gasteiger partial charge in [-0.25, -0.2) is 0 Å². The molecule has 0 atom stereocenters. The van der Waals surface area contributed by atoms with Gasteiger partial charge in [0.05, 0.1) is 6.61 Å². The topological polar surface area (TPSA) is 35.5 Å². The summed E-state index contributed by atoms with van der Waals surface area (Å²) >= 11 is 0. The first kappa shape index (κ1) is 14.6. The molecule has 0 aliphatic carbocycles. The van der Waals surface area contributed by atoms with Gasteiger partial charge in [-0.2, -0.15) is 0 Å². The van der Waals surface area contributed by atoms with Crippen molar-refractivity contribution in [3.63, 3.8) is 0 Å². The van der Waals surface area contributed by atoms with Crippen molar-refractivity contribution in [3.8, 4) is 0 Å². The Kier molecular flexibility index (Phi) is 8.67. The highest BCUT2D eigenvalue weighted by Crippen LogP contribution is 2.09. The molecule has 2 N–H and O–H groups in total. The van der Waals surface area contributed by atoms with Gasteiger partial charge in [-0.05, 0) is 25.5 Å². The lowest BCUT2D eigenvalue weighted by Crippen LogP contribution is -2.39. The van der Waals surface area contributed by atoms with Crippen molar-refractivity contribution in [1.82, 2.24) is 10.2 Å². The van der Waals surface area contributed by atoms with Crippen LogP contribution in [0.5, 0.6) is 0 Å². The Hall–Kier alpha value is -0.380. The minimum absolute atomic E-state index is 0.226. The minimum Gasteiger partial charge on any atom is -0.395 e. The van der Waals surface area contributed by atoms with E-state index in [2.05, 4.69) is 30.6 Å². The number of hydrogen-bond donors (Lipinski definition) is 2. The maximum absolute atomic E-state index is 9.03. The monoisotopic (exact) mass is 214 g/mol. The summed E-state index contributed by atoms with van der Waals surface area (Å²) in [6.45, 7) is 11.1. The number of rotatable bonds is 9. The van der Waals surface area contributed by atoms with Gasteiger partial charge in [-0.3, -0.25) is 4.90 Å². The first-order valence-electron chi connectivity index (χ1n) is 5.85. The highest BCUT2D eigenvalue weighted by molar-refractivity contribution is 5.00. The molecule has 0 heterocycles. The Labute approximate surface area is 94.2 Å². The van der Waals surface area contributed by atoms with E-state index in [9.17, 15) is 0 Å². The number of hydrogen-bond acceptors (Lipinski definition) is 3. The summed E-state index contributed by atoms with van der Waals surface area (Å²) in [6, 6.07) is 0.561. The maximum atomic E-state index is 9.03. The number of aliphatic hydroxyl groups is 1. The van der Waals surface area contributed by atoms with E-state index in [1.165, 1.54) is 5.57 Å². The predicted octanol–water partition coefficient (Wildman–Crippen LogP) is 1.24. The Bertz CT molecular complexity index is 167. The molecule has 0 fully saturated rings. The summed E-state index contributed by atoms with van der Waals surface area (Å²) in [6.07, 6.45) is 2.26. The predicted molar refractivity (Wildman–Crippen MR) is 66.1 cm³/mol. The summed E-state index contributed by atoms with van der Waals surface area (Å²) < 4.78 is 0. The molecule has 0 saturated heterocycles. The van der Waals surface area contributed by atoms with E-state index in [0.29, 0.717) is 6.04 Å². The first-order chi connectivity index (χ1) is 7.19. The smallest absolute Gasteiger partial charge is 0.0558 e. The van der Waals surface area contributed by atoms with Gasteiger partial charge >= 0.3 is 0 Å². The van der Waals surface area contributed by atoms with E-state index in [-0.39, 0.29) is 6.61 Å². The molecule has 0 aromatic heterocycles. The second-order valence-corrected chi connectivity index (χ2v) is 3.94. The zero-order valence-corrected chi connectivity index (χ0v) is 10.4. The van der Waals surface area contributed by atoms with Crippen LogP contribution in [0.1, 0.15) is 26.7 Å². The van der Waals surface area contributed by atoms with Crippen LogP contribution in [-0.4, -0.2) is 49.3 Å². The van der Waals surface area contributed by atoms with Gasteiger partial charge in [0, 0.05) is 25.7 Å². The third kappa shape index (κ3) is 5.92. The second kappa shape index (κ2) is 8.89. The fourth-order valence-corrected chi connectivity index (χ4v) is 1.92. The summed E-state index contributed by atoms with van der Waals surface area (Å²) in [5.74, 6) is 0. The normalized spacial score (nSPS) is 11.3. The molecular weight excluding hydrogens is 188 g/mol. The Morgan fingerprint density at radius 2 is 2.00 bits per heavy atom. The quantitative estimate of drug-likeness (QED) is 0.567. The molecule has 0 aromatic rings. The van der Waals surface area contributed by atoms with Crippen LogP contribution in [0.3, 0.4) is 0 Å². The van der Waals surface area contributed by atoms with Gasteiger partial charge in [-0.15, -0.1) is 0 Å². The van der Waals surface area contributed by atoms with Crippen LogP contribution in [-0.2, 0) is 0 Å². The zero-order valence-electron chi connectivity index (χ0n) is 10.4. The maximum Gasteiger partial charge on any atom is 0.0558 e. The van der Waals surface area contributed by atoms with Crippen molar-refractivity contribution >= 4 is 0 Å². The fraction of sp³-hybridized carbons (Fsp3) is 0.833. The highest BCUT2D eigenvalue weighted by Gasteiger charge is 2.14. The van der Waals surface area contributed by atoms with Crippen molar-refractivity contribution in [3.05, 3.63) is 12.2 Å². The van der Waals surface area contributed by atoms with Crippen LogP contribution in [0.15, 0.2) is 12.2 Å². The van der Waals surface area contributed by atoms with Crippen LogP contribution in [0, 0.1) is 0 Å². The summed E-state index contributed by atoms with van der Waals surface area (Å²) in [4.78, 5) is 2.32. The molecule has 0 unspecified atom stereocenters. The lowest BCUT2D eigenvalue weighted by atomic mass is 10.1. The van der Waals surface area contributed by atoms with Gasteiger partial charge in [-0.1, -0.05) is 20.4 Å². The summed E-state index contributed by atoms with van der Waals surface area (Å²) in [5.41, 5.74) is 1.18. The van der Waals surface area contributed by atoms with Gasteiger partial charge in [0.15, 0.2) is 0 Å². The third-order valence-corrected chi connectivity index (χ3v) is 2.70. The zero-order chi connectivity index (χ0) is 11.7. The van der Waals surface area contributed by atoms with E-state index in [1.54, 1.807) is 0 Å². The van der Waals surface area contributed by atoms with Crippen molar-refractivity contribution in [2.45, 2.75) is 32.7 Å². The largest absolute Gasteiger partial charge is 0.395 e. The second-order valence-electron chi connectivity index (χ2n) is 3.94. The Morgan fingerprint density at radius 3 is 2.40 bits per heavy atom. The third-order valence-electron chi connectivity index (χ3n) is 2.70. The van der Waals surface area contributed by atoms with Crippen molar-refractivity contribution in [2.24, 2.45) is 0 Å². The summed E-state index contributed by atoms with van der Waals surface area (Å²) in [7, 11) is 1.93. The minimum atomic E-state index is 0.226. The molecule has 90 valence electrons. The van der Waals surface area contributed by atoms with Crippen LogP contribution in [0.2, 0.25) is 0 Å². The van der Waals surface area contributed by atoms with Crippen molar-refractivity contribution in [2.75, 3.05) is 33.3 Å². The molecule has 0 aliphatic rings. The van der Waals surface area contributed by atoms with Crippen molar-refractivity contribution < 1.29 is 5.11 Å². The Morgan fingerprint density at radius 1 is 1.40 bits per heavy atom. The lowest BCUT2D eigenvalue weighted by Gasteiger charge is -2.30. The van der Waals surface area contributed by atoms with E-state index in [0.717, 1.165) is 32.5 Å². The van der Waals surface area contributed by atoms with Crippen LogP contribution in [0.4, 0.5) is 0 Å². The van der Waals surface area contributed by atoms with Crippen LogP contribution < -0.4 is 5.32 Å². The molecule has 3 heteroatoms. The Balaban J connectivity index is 4.18. The van der Waals surface area contributed by atoms with Gasteiger partial charge in [0.2, 0.25) is 0 Å². The van der Waals surface area contributed by atoms with Gasteiger partial charge in [0.1, 0.15) is 0 Å². The molecule has 15 heavy (non-hydrogen) atoms. The van der Waals surface area contributed by atoms with E-state index in [4.69, 9.17) is 5.11 Å². The molecular formula is C12H26N2O. The van der Waals surface area contributed by atoms with Crippen LogP contribution in [0.25, 0.3) is 0 Å². The average molecular weight is 214 g/mol. The van der Waals surface area contributed by atoms with Gasteiger partial charge in [0.25, 0.3) is 0 Å².